The van der Waals surface area contributed by atoms with Crippen molar-refractivity contribution in [2.24, 2.45) is 23.7 Å². The highest BCUT2D eigenvalue weighted by Gasteiger charge is 3.00. The third-order valence-electron chi connectivity index (χ3n) is 4.11. The van der Waals surface area contributed by atoms with Crippen LogP contribution in [-0.4, -0.2) is 23.7 Å². The number of hydrogen-bond donors (Lipinski definition) is 0. The van der Waals surface area contributed by atoms with Crippen LogP contribution in [-0.2, 0) is 0 Å². The molecule has 0 amide bonds. The summed E-state index contributed by atoms with van der Waals surface area (Å²) in [5.74, 6) is -29.4. The van der Waals surface area contributed by atoms with E-state index in [0.29, 0.717) is 0 Å². The van der Waals surface area contributed by atoms with Gasteiger partial charge in [0, 0.05) is 23.7 Å². The molecule has 0 heterocycles. The zero-order valence-electron chi connectivity index (χ0n) is 7.33. The van der Waals surface area contributed by atoms with E-state index in [1.54, 1.807) is 0 Å². The van der Waals surface area contributed by atoms with Crippen molar-refractivity contribution in [2.75, 3.05) is 0 Å². The molecule has 5 fully saturated rings. The van der Waals surface area contributed by atoms with Crippen LogP contribution in [0.2, 0.25) is 0 Å². The van der Waals surface area contributed by atoms with E-state index >= 15 is 0 Å². The minimum Gasteiger partial charge on any atom is -0.200 e. The van der Waals surface area contributed by atoms with Crippen molar-refractivity contribution in [3.8, 4) is 0 Å². The van der Waals surface area contributed by atoms with Gasteiger partial charge in [-0.3, -0.25) is 0 Å². The van der Waals surface area contributed by atoms with Gasteiger partial charge in [-0.05, 0) is 0 Å². The molecule has 0 aliphatic heterocycles. The lowest BCUT2D eigenvalue weighted by molar-refractivity contribution is -0.189. The molecule has 0 N–H and O–H groups in total. The van der Waals surface area contributed by atoms with Crippen LogP contribution >= 0.6 is 0 Å². The molecule has 0 nitrogen and oxygen atoms in total. The molecule has 0 aromatic carbocycles. The summed E-state index contributed by atoms with van der Waals surface area (Å²) in [5.41, 5.74) is 0. The van der Waals surface area contributed by atoms with Crippen molar-refractivity contribution in [1.29, 1.82) is 0 Å². The highest BCUT2D eigenvalue weighted by atomic mass is 19.3. The Balaban J connectivity index is 2.17. The van der Waals surface area contributed by atoms with Crippen LogP contribution in [0.5, 0.6) is 0 Å². The summed E-state index contributed by atoms with van der Waals surface area (Å²) in [6, 6.07) is 0. The van der Waals surface area contributed by atoms with Crippen LogP contribution in [0.25, 0.3) is 0 Å². The van der Waals surface area contributed by atoms with E-state index in [1.807, 2.05) is 0 Å². The number of halogens is 8. The molecular weight excluding hydrogens is 248 g/mol. The molecule has 4 bridgehead atoms. The highest BCUT2D eigenvalue weighted by Crippen LogP contribution is 2.84. The van der Waals surface area contributed by atoms with Gasteiger partial charge in [-0.15, -0.1) is 0 Å². The molecule has 5 aliphatic carbocycles. The predicted molar refractivity (Wildman–Crippen MR) is 33.7 cm³/mol. The summed E-state index contributed by atoms with van der Waals surface area (Å²) in [6.45, 7) is 0. The zero-order valence-corrected chi connectivity index (χ0v) is 7.33. The Morgan fingerprint density at radius 1 is 0.375 bits per heavy atom. The van der Waals surface area contributed by atoms with E-state index in [2.05, 4.69) is 0 Å². The van der Waals surface area contributed by atoms with Crippen LogP contribution in [0, 0.1) is 23.7 Å². The van der Waals surface area contributed by atoms with Crippen LogP contribution < -0.4 is 0 Å². The molecule has 8 heteroatoms. The molecule has 0 radical (unpaired) electrons. The Kier molecular flexibility index (Phi) is 1.37. The van der Waals surface area contributed by atoms with Gasteiger partial charge in [0.05, 0.1) is 0 Å². The molecule has 5 rings (SSSR count). The molecular formula is C8H4F8. The van der Waals surface area contributed by atoms with E-state index in [0.717, 1.165) is 0 Å². The van der Waals surface area contributed by atoms with Crippen LogP contribution in [0.4, 0.5) is 35.1 Å². The van der Waals surface area contributed by atoms with Gasteiger partial charge in [0.2, 0.25) is 0 Å². The Morgan fingerprint density at radius 2 is 0.500 bits per heavy atom. The number of alkyl halides is 8. The lowest BCUT2D eigenvalue weighted by Crippen LogP contribution is -2.40. The fraction of sp³-hybridized carbons (Fsp3) is 1.00. The summed E-state index contributed by atoms with van der Waals surface area (Å²) < 4.78 is 104. The minimum atomic E-state index is -4.75. The van der Waals surface area contributed by atoms with Crippen LogP contribution in [0.1, 0.15) is 0 Å². The van der Waals surface area contributed by atoms with Crippen molar-refractivity contribution in [1.82, 2.24) is 0 Å². The fourth-order valence-electron chi connectivity index (χ4n) is 3.44. The van der Waals surface area contributed by atoms with Crippen molar-refractivity contribution >= 4 is 0 Å². The molecule has 92 valence electrons. The second-order valence-corrected chi connectivity index (χ2v) is 4.59. The lowest BCUT2D eigenvalue weighted by Gasteiger charge is -2.32. The van der Waals surface area contributed by atoms with E-state index in [1.165, 1.54) is 0 Å². The first-order valence-electron chi connectivity index (χ1n) is 4.50. The Labute approximate surface area is 83.6 Å². The third kappa shape index (κ3) is 0.630. The minimum absolute atomic E-state index is 2.60. The standard InChI is InChI=1S/C8H4F8/c9-5(10)1-2-4(8(5,15)16)3(1)7(13,14)6(2,11)12/h1-4H. The van der Waals surface area contributed by atoms with Gasteiger partial charge in [0.1, 0.15) is 0 Å². The molecule has 0 atom stereocenters. The number of rotatable bonds is 0. The fourth-order valence-corrected chi connectivity index (χ4v) is 3.44. The summed E-state index contributed by atoms with van der Waals surface area (Å²) in [6.07, 6.45) is 0. The van der Waals surface area contributed by atoms with Crippen molar-refractivity contribution in [3.63, 3.8) is 0 Å². The summed E-state index contributed by atoms with van der Waals surface area (Å²) >= 11 is 0. The molecule has 5 saturated carbocycles. The maximum atomic E-state index is 13.0. The summed E-state index contributed by atoms with van der Waals surface area (Å²) in [4.78, 5) is 0. The van der Waals surface area contributed by atoms with Gasteiger partial charge >= 0.3 is 23.7 Å². The van der Waals surface area contributed by atoms with Gasteiger partial charge in [0.25, 0.3) is 0 Å². The highest BCUT2D eigenvalue weighted by molar-refractivity contribution is 5.33. The van der Waals surface area contributed by atoms with Gasteiger partial charge in [-0.2, -0.15) is 35.1 Å². The van der Waals surface area contributed by atoms with Crippen molar-refractivity contribution in [2.45, 2.75) is 23.7 Å². The first kappa shape index (κ1) is 10.6. The van der Waals surface area contributed by atoms with E-state index in [4.69, 9.17) is 0 Å². The van der Waals surface area contributed by atoms with Gasteiger partial charge in [-0.1, -0.05) is 0 Å². The maximum Gasteiger partial charge on any atom is 0.314 e. The second-order valence-electron chi connectivity index (χ2n) is 4.59. The molecule has 0 saturated heterocycles. The first-order valence-corrected chi connectivity index (χ1v) is 4.50. The second kappa shape index (κ2) is 2.08. The molecule has 0 aromatic rings. The van der Waals surface area contributed by atoms with Crippen molar-refractivity contribution in [3.05, 3.63) is 0 Å². The topological polar surface area (TPSA) is 0 Å². The molecule has 5 aliphatic rings. The third-order valence-corrected chi connectivity index (χ3v) is 4.11. The smallest absolute Gasteiger partial charge is 0.200 e. The normalized spacial score (nSPS) is 52.5. The van der Waals surface area contributed by atoms with Gasteiger partial charge in [-0.25, -0.2) is 0 Å². The van der Waals surface area contributed by atoms with E-state index in [-0.39, 0.29) is 0 Å². The molecule has 0 unspecified atom stereocenters. The van der Waals surface area contributed by atoms with Gasteiger partial charge in [0.15, 0.2) is 0 Å². The van der Waals surface area contributed by atoms with Crippen molar-refractivity contribution < 1.29 is 35.1 Å². The maximum absolute atomic E-state index is 13.0. The Morgan fingerprint density at radius 3 is 0.625 bits per heavy atom. The summed E-state index contributed by atoms with van der Waals surface area (Å²) in [5, 5.41) is 0. The lowest BCUT2D eigenvalue weighted by atomic mass is 9.69. The largest absolute Gasteiger partial charge is 0.314 e. The Bertz CT molecular complexity index is 292. The molecule has 0 aromatic heterocycles. The Hall–Kier alpha value is -0.560. The SMILES string of the molecule is FC1(F)C2C3C(C2C(F)(F)C3(F)F)C1(F)F. The molecule has 0 spiro atoms. The van der Waals surface area contributed by atoms with Gasteiger partial charge < -0.3 is 0 Å². The number of fused-ring (bicyclic) bond motifs is 2. The number of hydrogen-bond acceptors (Lipinski definition) is 0. The van der Waals surface area contributed by atoms with E-state index < -0.39 is 47.4 Å². The van der Waals surface area contributed by atoms with Crippen LogP contribution in [0.3, 0.4) is 0 Å². The quantitative estimate of drug-likeness (QED) is 0.581. The summed E-state index contributed by atoms with van der Waals surface area (Å²) in [7, 11) is 0. The van der Waals surface area contributed by atoms with E-state index in [9.17, 15) is 35.1 Å². The average molecular weight is 252 g/mol. The van der Waals surface area contributed by atoms with Crippen LogP contribution in [0.15, 0.2) is 0 Å². The molecule has 16 heavy (non-hydrogen) atoms. The monoisotopic (exact) mass is 252 g/mol. The predicted octanol–water partition coefficient (Wildman–Crippen LogP) is 3.03. The average Bonchev–Trinajstić information content (AvgIpc) is 2.35. The zero-order chi connectivity index (χ0) is 12.3. The first-order chi connectivity index (χ1) is 6.99.